The lowest BCUT2D eigenvalue weighted by molar-refractivity contribution is -0.137. The molecular weight excluding hydrogens is 355 g/mol. The molecule has 2 aromatic rings. The number of hydrogen-bond donors (Lipinski definition) is 1. The van der Waals surface area contributed by atoms with E-state index in [4.69, 9.17) is 4.74 Å². The lowest BCUT2D eigenvalue weighted by Gasteiger charge is -2.22. The van der Waals surface area contributed by atoms with Crippen molar-refractivity contribution in [2.45, 2.75) is 24.0 Å². The molecule has 0 amide bonds. The van der Waals surface area contributed by atoms with E-state index in [2.05, 4.69) is 5.32 Å². The van der Waals surface area contributed by atoms with Gasteiger partial charge in [-0.25, -0.2) is 8.42 Å². The number of aryl methyl sites for hydroxylation is 1. The van der Waals surface area contributed by atoms with E-state index in [1.807, 2.05) is 0 Å². The largest absolute Gasteiger partial charge is 0.497 e. The summed E-state index contributed by atoms with van der Waals surface area (Å²) in [5.74, 6) is -0.604. The molecule has 4 nitrogen and oxygen atoms in total. The Morgan fingerprint density at radius 1 is 1.04 bits per heavy atom. The normalized spacial score (nSPS) is 13.3. The monoisotopic (exact) mass is 373 g/mol. The first-order valence-electron chi connectivity index (χ1n) is 7.38. The van der Waals surface area contributed by atoms with Crippen LogP contribution in [0.2, 0.25) is 0 Å². The molecule has 0 aliphatic heterocycles. The molecule has 1 N–H and O–H groups in total. The number of rotatable bonds is 6. The van der Waals surface area contributed by atoms with Crippen LogP contribution in [-0.2, 0) is 9.84 Å². The van der Waals surface area contributed by atoms with Gasteiger partial charge in [-0.15, -0.1) is 0 Å². The van der Waals surface area contributed by atoms with Crippen molar-refractivity contribution < 1.29 is 26.3 Å². The van der Waals surface area contributed by atoms with Crippen LogP contribution in [-0.4, -0.2) is 33.5 Å². The van der Waals surface area contributed by atoms with Crippen LogP contribution in [0, 0.1) is 6.92 Å². The molecule has 0 aromatic heterocycles. The lowest BCUT2D eigenvalue weighted by atomic mass is 10.2. The zero-order chi connectivity index (χ0) is 18.7. The van der Waals surface area contributed by atoms with Crippen molar-refractivity contribution in [2.75, 3.05) is 18.2 Å². The average Bonchev–Trinajstić information content (AvgIpc) is 2.54. The van der Waals surface area contributed by atoms with E-state index >= 15 is 0 Å². The third-order valence-electron chi connectivity index (χ3n) is 3.59. The Balaban J connectivity index is 2.23. The summed E-state index contributed by atoms with van der Waals surface area (Å²) in [4.78, 5) is -0.135. The maximum Gasteiger partial charge on any atom is 0.409 e. The van der Waals surface area contributed by atoms with Crippen molar-refractivity contribution in [2.24, 2.45) is 0 Å². The van der Waals surface area contributed by atoms with Gasteiger partial charge in [0.05, 0.1) is 17.8 Å². The van der Waals surface area contributed by atoms with E-state index in [-0.39, 0.29) is 10.6 Å². The Morgan fingerprint density at radius 2 is 1.60 bits per heavy atom. The van der Waals surface area contributed by atoms with E-state index < -0.39 is 27.8 Å². The first kappa shape index (κ1) is 19.1. The van der Waals surface area contributed by atoms with E-state index in [1.165, 1.54) is 43.5 Å². The van der Waals surface area contributed by atoms with Crippen molar-refractivity contribution in [3.8, 4) is 5.75 Å². The molecule has 2 aromatic carbocycles. The highest BCUT2D eigenvalue weighted by Crippen LogP contribution is 2.27. The van der Waals surface area contributed by atoms with Crippen LogP contribution in [0.4, 0.5) is 18.9 Å². The van der Waals surface area contributed by atoms with Gasteiger partial charge in [0.25, 0.3) is 0 Å². The van der Waals surface area contributed by atoms with Crippen molar-refractivity contribution >= 4 is 15.5 Å². The Hall–Kier alpha value is -2.22. The molecular formula is C17H18F3NO3S. The van der Waals surface area contributed by atoms with Gasteiger partial charge in [0.1, 0.15) is 11.8 Å². The number of anilines is 1. The fraction of sp³-hybridized carbons (Fsp3) is 0.294. The van der Waals surface area contributed by atoms with Crippen LogP contribution in [0.5, 0.6) is 5.75 Å². The van der Waals surface area contributed by atoms with Gasteiger partial charge in [0, 0.05) is 5.69 Å². The molecule has 1 atom stereocenters. The minimum atomic E-state index is -4.72. The fourth-order valence-electron chi connectivity index (χ4n) is 2.17. The molecule has 25 heavy (non-hydrogen) atoms. The van der Waals surface area contributed by atoms with E-state index in [9.17, 15) is 21.6 Å². The molecule has 0 spiro atoms. The van der Waals surface area contributed by atoms with Gasteiger partial charge in [0.15, 0.2) is 9.84 Å². The minimum absolute atomic E-state index is 0.135. The van der Waals surface area contributed by atoms with Gasteiger partial charge in [0.2, 0.25) is 0 Å². The molecule has 0 aliphatic rings. The van der Waals surface area contributed by atoms with Gasteiger partial charge in [-0.05, 0) is 43.3 Å². The Morgan fingerprint density at radius 3 is 2.08 bits per heavy atom. The standard InChI is InChI=1S/C17H18F3NO3S/c1-12-3-9-15(10-4-12)25(22,23)11-16(17(18,19)20)21-13-5-7-14(24-2)8-6-13/h3-10,16,21H,11H2,1-2H3/t16-/m0/s1. The van der Waals surface area contributed by atoms with E-state index in [1.54, 1.807) is 19.1 Å². The highest BCUT2D eigenvalue weighted by atomic mass is 32.2. The van der Waals surface area contributed by atoms with Crippen LogP contribution < -0.4 is 10.1 Å². The first-order valence-corrected chi connectivity index (χ1v) is 9.04. The zero-order valence-electron chi connectivity index (χ0n) is 13.7. The molecule has 2 rings (SSSR count). The number of ether oxygens (including phenoxy) is 1. The Kier molecular flexibility index (Phi) is 5.62. The molecule has 0 saturated heterocycles. The van der Waals surface area contributed by atoms with Crippen LogP contribution >= 0.6 is 0 Å². The number of sulfone groups is 1. The van der Waals surface area contributed by atoms with Crippen LogP contribution in [0.1, 0.15) is 5.56 Å². The first-order chi connectivity index (χ1) is 11.6. The molecule has 0 bridgehead atoms. The van der Waals surface area contributed by atoms with Crippen molar-refractivity contribution in [3.05, 3.63) is 54.1 Å². The Labute approximate surface area is 144 Å². The summed E-state index contributed by atoms with van der Waals surface area (Å²) in [6.07, 6.45) is -4.72. The number of alkyl halides is 3. The van der Waals surface area contributed by atoms with E-state index in [0.29, 0.717) is 5.75 Å². The van der Waals surface area contributed by atoms with Gasteiger partial charge in [-0.3, -0.25) is 0 Å². The summed E-state index contributed by atoms with van der Waals surface area (Å²) >= 11 is 0. The maximum atomic E-state index is 13.3. The van der Waals surface area contributed by atoms with Crippen LogP contribution in [0.25, 0.3) is 0 Å². The minimum Gasteiger partial charge on any atom is -0.497 e. The van der Waals surface area contributed by atoms with Crippen LogP contribution in [0.3, 0.4) is 0 Å². The highest BCUT2D eigenvalue weighted by molar-refractivity contribution is 7.91. The van der Waals surface area contributed by atoms with Crippen molar-refractivity contribution in [3.63, 3.8) is 0 Å². The van der Waals surface area contributed by atoms with Crippen LogP contribution in [0.15, 0.2) is 53.4 Å². The molecule has 8 heteroatoms. The number of nitrogens with one attached hydrogen (secondary N) is 1. The summed E-state index contributed by atoms with van der Waals surface area (Å²) in [6.45, 7) is 1.76. The third kappa shape index (κ3) is 5.12. The number of hydrogen-bond acceptors (Lipinski definition) is 4. The summed E-state index contributed by atoms with van der Waals surface area (Å²) in [5.41, 5.74) is 0.977. The van der Waals surface area contributed by atoms with Crippen molar-refractivity contribution in [1.29, 1.82) is 0 Å². The zero-order valence-corrected chi connectivity index (χ0v) is 14.5. The number of benzene rings is 2. The number of halogens is 3. The Bertz CT molecular complexity index is 801. The fourth-order valence-corrected chi connectivity index (χ4v) is 3.62. The average molecular weight is 373 g/mol. The van der Waals surface area contributed by atoms with Gasteiger partial charge in [-0.2, -0.15) is 13.2 Å². The second-order valence-electron chi connectivity index (χ2n) is 5.56. The summed E-state index contributed by atoms with van der Waals surface area (Å²) < 4.78 is 69.5. The van der Waals surface area contributed by atoms with E-state index in [0.717, 1.165) is 5.56 Å². The lowest BCUT2D eigenvalue weighted by Crippen LogP contribution is -2.42. The van der Waals surface area contributed by atoms with Crippen molar-refractivity contribution in [1.82, 2.24) is 0 Å². The third-order valence-corrected chi connectivity index (χ3v) is 5.35. The molecule has 0 radical (unpaired) electrons. The van der Waals surface area contributed by atoms with Gasteiger partial charge < -0.3 is 10.1 Å². The predicted octanol–water partition coefficient (Wildman–Crippen LogP) is 3.82. The molecule has 0 fully saturated rings. The summed E-state index contributed by atoms with van der Waals surface area (Å²) in [5, 5.41) is 2.25. The summed E-state index contributed by atoms with van der Waals surface area (Å²) in [7, 11) is -2.66. The SMILES string of the molecule is COc1ccc(N[C@@H](CS(=O)(=O)c2ccc(C)cc2)C(F)(F)F)cc1. The molecule has 0 aliphatic carbocycles. The molecule has 0 unspecified atom stereocenters. The van der Waals surface area contributed by atoms with Gasteiger partial charge in [-0.1, -0.05) is 17.7 Å². The molecule has 136 valence electrons. The molecule has 0 heterocycles. The topological polar surface area (TPSA) is 55.4 Å². The van der Waals surface area contributed by atoms with Gasteiger partial charge >= 0.3 is 6.18 Å². The number of methoxy groups -OCH3 is 1. The second-order valence-corrected chi connectivity index (χ2v) is 7.60. The highest BCUT2D eigenvalue weighted by Gasteiger charge is 2.42. The smallest absolute Gasteiger partial charge is 0.409 e. The maximum absolute atomic E-state index is 13.3. The molecule has 0 saturated carbocycles. The summed E-state index contributed by atoms with van der Waals surface area (Å²) in [6, 6.07) is 9.27. The second kappa shape index (κ2) is 7.35. The quantitative estimate of drug-likeness (QED) is 0.836. The predicted molar refractivity (Wildman–Crippen MR) is 89.7 cm³/mol.